The highest BCUT2D eigenvalue weighted by molar-refractivity contribution is 5.15. The maximum Gasteiger partial charge on any atom is 0.0956 e. The Morgan fingerprint density at radius 3 is 2.59 bits per heavy atom. The van der Waals surface area contributed by atoms with Crippen molar-refractivity contribution in [3.8, 4) is 6.07 Å². The summed E-state index contributed by atoms with van der Waals surface area (Å²) < 4.78 is 0. The topological polar surface area (TPSA) is 39.1 Å². The Morgan fingerprint density at radius 1 is 1.29 bits per heavy atom. The molecule has 92 valence electrons. The molecule has 1 aromatic rings. The first kappa shape index (κ1) is 13.7. The number of aryl methyl sites for hydroxylation is 1. The van der Waals surface area contributed by atoms with Crippen LogP contribution in [0.15, 0.2) is 30.3 Å². The van der Waals surface area contributed by atoms with Gasteiger partial charge < -0.3 is 10.2 Å². The highest BCUT2D eigenvalue weighted by Crippen LogP contribution is 2.04. The van der Waals surface area contributed by atoms with Crippen LogP contribution < -0.4 is 5.32 Å². The third-order valence-corrected chi connectivity index (χ3v) is 2.67. The molecule has 1 aromatic carbocycles. The van der Waals surface area contributed by atoms with Crippen LogP contribution >= 0.6 is 0 Å². The largest absolute Gasteiger partial charge is 0.308 e. The van der Waals surface area contributed by atoms with E-state index in [1.807, 2.05) is 32.3 Å². The predicted molar refractivity (Wildman–Crippen MR) is 70.7 cm³/mol. The molecule has 0 heterocycles. The van der Waals surface area contributed by atoms with Crippen molar-refractivity contribution in [2.24, 2.45) is 0 Å². The van der Waals surface area contributed by atoms with Gasteiger partial charge in [-0.2, -0.15) is 5.26 Å². The lowest BCUT2D eigenvalue weighted by Gasteiger charge is -2.14. The molecular formula is C14H21N3. The molecule has 0 radical (unpaired) electrons. The van der Waals surface area contributed by atoms with Crippen molar-refractivity contribution in [2.45, 2.75) is 18.9 Å². The van der Waals surface area contributed by atoms with Crippen LogP contribution in [0.1, 0.15) is 12.0 Å². The lowest BCUT2D eigenvalue weighted by Crippen LogP contribution is -2.34. The van der Waals surface area contributed by atoms with Gasteiger partial charge in [0.25, 0.3) is 0 Å². The summed E-state index contributed by atoms with van der Waals surface area (Å²) in [6, 6.07) is 12.6. The highest BCUT2D eigenvalue weighted by atomic mass is 15.1. The minimum atomic E-state index is -0.0462. The fourth-order valence-electron chi connectivity index (χ4n) is 1.63. The molecule has 1 N–H and O–H groups in total. The standard InChI is InChI=1S/C14H21N3/c1-17(2)11-10-16-14(12-15)9-8-13-6-4-3-5-7-13/h3-7,14,16H,8-11H2,1-2H3. The number of likely N-dealkylation sites (N-methyl/N-ethyl adjacent to an activating group) is 1. The van der Waals surface area contributed by atoms with Crippen molar-refractivity contribution in [1.29, 1.82) is 5.26 Å². The average molecular weight is 231 g/mol. The molecule has 0 bridgehead atoms. The van der Waals surface area contributed by atoms with Crippen molar-refractivity contribution >= 4 is 0 Å². The smallest absolute Gasteiger partial charge is 0.0956 e. The van der Waals surface area contributed by atoms with Crippen LogP contribution in [0.25, 0.3) is 0 Å². The van der Waals surface area contributed by atoms with Gasteiger partial charge in [-0.3, -0.25) is 0 Å². The summed E-state index contributed by atoms with van der Waals surface area (Å²) in [5.74, 6) is 0. The van der Waals surface area contributed by atoms with E-state index in [4.69, 9.17) is 5.26 Å². The van der Waals surface area contributed by atoms with E-state index in [2.05, 4.69) is 28.4 Å². The van der Waals surface area contributed by atoms with Crippen LogP contribution in [-0.4, -0.2) is 38.1 Å². The molecule has 0 spiro atoms. The zero-order chi connectivity index (χ0) is 12.5. The fourth-order valence-corrected chi connectivity index (χ4v) is 1.63. The van der Waals surface area contributed by atoms with E-state index in [1.165, 1.54) is 5.56 Å². The molecular weight excluding hydrogens is 210 g/mol. The SMILES string of the molecule is CN(C)CCNC(C#N)CCc1ccccc1. The van der Waals surface area contributed by atoms with E-state index in [0.29, 0.717) is 0 Å². The zero-order valence-electron chi connectivity index (χ0n) is 10.7. The van der Waals surface area contributed by atoms with E-state index in [9.17, 15) is 0 Å². The second-order valence-corrected chi connectivity index (χ2v) is 4.46. The van der Waals surface area contributed by atoms with Gasteiger partial charge >= 0.3 is 0 Å². The molecule has 0 aromatic heterocycles. The number of hydrogen-bond acceptors (Lipinski definition) is 3. The second kappa shape index (κ2) is 7.83. The van der Waals surface area contributed by atoms with Crippen molar-refractivity contribution in [3.63, 3.8) is 0 Å². The van der Waals surface area contributed by atoms with Crippen LogP contribution in [0.3, 0.4) is 0 Å². The molecule has 0 aliphatic carbocycles. The first-order valence-corrected chi connectivity index (χ1v) is 6.04. The third kappa shape index (κ3) is 6.06. The monoisotopic (exact) mass is 231 g/mol. The number of nitriles is 1. The molecule has 17 heavy (non-hydrogen) atoms. The Morgan fingerprint density at radius 2 is 2.00 bits per heavy atom. The molecule has 1 rings (SSSR count). The minimum Gasteiger partial charge on any atom is -0.308 e. The second-order valence-electron chi connectivity index (χ2n) is 4.46. The van der Waals surface area contributed by atoms with E-state index >= 15 is 0 Å². The Balaban J connectivity index is 2.26. The molecule has 0 aliphatic heterocycles. The van der Waals surface area contributed by atoms with Gasteiger partial charge in [0.1, 0.15) is 0 Å². The molecule has 3 nitrogen and oxygen atoms in total. The van der Waals surface area contributed by atoms with Crippen molar-refractivity contribution in [3.05, 3.63) is 35.9 Å². The predicted octanol–water partition coefficient (Wildman–Crippen LogP) is 1.66. The molecule has 0 saturated carbocycles. The molecule has 0 amide bonds. The summed E-state index contributed by atoms with van der Waals surface area (Å²) in [7, 11) is 4.07. The minimum absolute atomic E-state index is 0.0462. The highest BCUT2D eigenvalue weighted by Gasteiger charge is 2.06. The molecule has 0 fully saturated rings. The number of nitrogens with zero attached hydrogens (tertiary/aromatic N) is 2. The molecule has 1 unspecified atom stereocenters. The Labute approximate surface area is 104 Å². The summed E-state index contributed by atoms with van der Waals surface area (Å²) in [6.07, 6.45) is 1.82. The van der Waals surface area contributed by atoms with E-state index in [1.54, 1.807) is 0 Å². The van der Waals surface area contributed by atoms with Gasteiger partial charge in [-0.25, -0.2) is 0 Å². The number of benzene rings is 1. The number of rotatable bonds is 7. The van der Waals surface area contributed by atoms with Gasteiger partial charge in [-0.1, -0.05) is 30.3 Å². The summed E-state index contributed by atoms with van der Waals surface area (Å²) in [5.41, 5.74) is 1.29. The van der Waals surface area contributed by atoms with Gasteiger partial charge in [-0.05, 0) is 32.5 Å². The van der Waals surface area contributed by atoms with Crippen molar-refractivity contribution < 1.29 is 0 Å². The molecule has 3 heteroatoms. The zero-order valence-corrected chi connectivity index (χ0v) is 10.7. The Hall–Kier alpha value is -1.37. The summed E-state index contributed by atoms with van der Waals surface area (Å²) >= 11 is 0. The van der Waals surface area contributed by atoms with Gasteiger partial charge in [0, 0.05) is 13.1 Å². The number of hydrogen-bond donors (Lipinski definition) is 1. The first-order chi connectivity index (χ1) is 8.22. The van der Waals surface area contributed by atoms with Gasteiger partial charge in [0.15, 0.2) is 0 Å². The maximum atomic E-state index is 9.04. The molecule has 0 aliphatic rings. The first-order valence-electron chi connectivity index (χ1n) is 6.04. The third-order valence-electron chi connectivity index (χ3n) is 2.67. The Bertz CT molecular complexity index is 340. The van der Waals surface area contributed by atoms with Crippen molar-refractivity contribution in [1.82, 2.24) is 10.2 Å². The quantitative estimate of drug-likeness (QED) is 0.775. The van der Waals surface area contributed by atoms with Crippen LogP contribution in [-0.2, 0) is 6.42 Å². The molecule has 1 atom stereocenters. The van der Waals surface area contributed by atoms with Crippen LogP contribution in [0.2, 0.25) is 0 Å². The van der Waals surface area contributed by atoms with Crippen molar-refractivity contribution in [2.75, 3.05) is 27.2 Å². The number of nitrogens with one attached hydrogen (secondary N) is 1. The van der Waals surface area contributed by atoms with Crippen LogP contribution in [0.5, 0.6) is 0 Å². The maximum absolute atomic E-state index is 9.04. The summed E-state index contributed by atoms with van der Waals surface area (Å²) in [5, 5.41) is 12.3. The Kier molecular flexibility index (Phi) is 6.31. The van der Waals surface area contributed by atoms with Gasteiger partial charge in [0.2, 0.25) is 0 Å². The molecule has 0 saturated heterocycles. The van der Waals surface area contributed by atoms with Gasteiger partial charge in [-0.15, -0.1) is 0 Å². The van der Waals surface area contributed by atoms with Gasteiger partial charge in [0.05, 0.1) is 12.1 Å². The lowest BCUT2D eigenvalue weighted by atomic mass is 10.1. The summed E-state index contributed by atoms with van der Waals surface area (Å²) in [4.78, 5) is 2.11. The lowest BCUT2D eigenvalue weighted by molar-refractivity contribution is 0.391. The van der Waals surface area contributed by atoms with Crippen LogP contribution in [0.4, 0.5) is 0 Å². The summed E-state index contributed by atoms with van der Waals surface area (Å²) in [6.45, 7) is 1.82. The van der Waals surface area contributed by atoms with Crippen LogP contribution in [0, 0.1) is 11.3 Å². The van der Waals surface area contributed by atoms with E-state index < -0.39 is 0 Å². The average Bonchev–Trinajstić information content (AvgIpc) is 2.34. The van der Waals surface area contributed by atoms with E-state index in [0.717, 1.165) is 25.9 Å². The fraction of sp³-hybridized carbons (Fsp3) is 0.500. The van der Waals surface area contributed by atoms with E-state index in [-0.39, 0.29) is 6.04 Å². The normalized spacial score (nSPS) is 12.4.